The molecule has 3 heterocycles. The van der Waals surface area contributed by atoms with Crippen molar-refractivity contribution < 1.29 is 47.9 Å². The van der Waals surface area contributed by atoms with Crippen molar-refractivity contribution in [2.75, 3.05) is 26.2 Å². The van der Waals surface area contributed by atoms with Crippen molar-refractivity contribution in [2.24, 2.45) is 52.7 Å². The summed E-state index contributed by atoms with van der Waals surface area (Å²) in [6.45, 7) is 14.4. The number of rotatable bonds is 16. The third-order valence-corrected chi connectivity index (χ3v) is 16.0. The maximum absolute atomic E-state index is 15.1. The van der Waals surface area contributed by atoms with Gasteiger partial charge in [-0.05, 0) is 112 Å². The molecule has 1 unspecified atom stereocenters. The fraction of sp³-hybridized carbons (Fsp3) is 0.633. The summed E-state index contributed by atoms with van der Waals surface area (Å²) in [6.07, 6.45) is 1.42. The predicted molar refractivity (Wildman–Crippen MR) is 319 cm³/mol. The highest BCUT2D eigenvalue weighted by Crippen LogP contribution is 2.26. The zero-order valence-corrected chi connectivity index (χ0v) is 50.9. The summed E-state index contributed by atoms with van der Waals surface area (Å²) in [5.74, 6) is 11.0. The van der Waals surface area contributed by atoms with E-state index >= 15 is 9.59 Å². The zero-order valence-electron chi connectivity index (χ0n) is 50.9. The van der Waals surface area contributed by atoms with Gasteiger partial charge in [0.2, 0.25) is 41.4 Å². The second-order valence-electron chi connectivity index (χ2n) is 24.3. The van der Waals surface area contributed by atoms with E-state index in [0.29, 0.717) is 24.0 Å². The summed E-state index contributed by atoms with van der Waals surface area (Å²) in [7, 11) is 0. The highest BCUT2D eigenvalue weighted by atomic mass is 16.2. The first-order valence-electron chi connectivity index (χ1n) is 30.2. The largest absolute Gasteiger partial charge is 0.343 e. The first-order valence-corrected chi connectivity index (χ1v) is 30.2. The highest BCUT2D eigenvalue weighted by molar-refractivity contribution is 6.00. The number of fused-ring (bicyclic) bond motifs is 2. The van der Waals surface area contributed by atoms with Crippen molar-refractivity contribution in [3.8, 4) is 0 Å². The number of nitrogens with one attached hydrogen (secondary N) is 5. The molecule has 3 aliphatic heterocycles. The number of amides is 10. The molecule has 10 atom stereocenters. The number of carbonyl (C=O) groups is 10. The molecule has 2 aromatic rings. The van der Waals surface area contributed by atoms with E-state index in [1.54, 1.807) is 88.4 Å². The van der Waals surface area contributed by atoms with Crippen molar-refractivity contribution >= 4 is 59.1 Å². The van der Waals surface area contributed by atoms with E-state index in [1.165, 1.54) is 9.80 Å². The quantitative estimate of drug-likeness (QED) is 0.0781. The summed E-state index contributed by atoms with van der Waals surface area (Å²) >= 11 is 0. The second kappa shape index (κ2) is 32.4. The zero-order chi connectivity index (χ0) is 62.8. The molecular formula is C60H95N15O10. The Morgan fingerprint density at radius 3 is 1.24 bits per heavy atom. The molecule has 0 saturated carbocycles. The van der Waals surface area contributed by atoms with E-state index in [2.05, 4.69) is 26.6 Å². The monoisotopic (exact) mass is 1190 g/mol. The van der Waals surface area contributed by atoms with Gasteiger partial charge in [0.25, 0.3) is 17.7 Å². The Bertz CT molecular complexity index is 2610. The molecule has 15 N–H and O–H groups in total. The van der Waals surface area contributed by atoms with E-state index in [1.807, 2.05) is 27.7 Å². The lowest BCUT2D eigenvalue weighted by Gasteiger charge is -2.37. The van der Waals surface area contributed by atoms with Crippen molar-refractivity contribution in [3.63, 3.8) is 0 Å². The minimum Gasteiger partial charge on any atom is -0.343 e. The third-order valence-electron chi connectivity index (χ3n) is 16.0. The van der Waals surface area contributed by atoms with Crippen LogP contribution in [0.25, 0.3) is 0 Å². The molecule has 0 spiro atoms. The van der Waals surface area contributed by atoms with Gasteiger partial charge >= 0.3 is 0 Å². The number of nitrogens with two attached hydrogens (primary N) is 5. The Kier molecular flexibility index (Phi) is 26.2. The lowest BCUT2D eigenvalue weighted by Crippen LogP contribution is -2.65. The molecule has 5 rings (SSSR count). The molecular weight excluding hydrogens is 1090 g/mol. The maximum atomic E-state index is 15.1. The van der Waals surface area contributed by atoms with Gasteiger partial charge in [0.1, 0.15) is 60.4 Å². The van der Waals surface area contributed by atoms with Gasteiger partial charge in [-0.2, -0.15) is 0 Å². The Balaban J connectivity index is 1.64. The van der Waals surface area contributed by atoms with Crippen molar-refractivity contribution in [1.82, 2.24) is 51.4 Å². The van der Waals surface area contributed by atoms with Crippen LogP contribution in [0.2, 0.25) is 0 Å². The third kappa shape index (κ3) is 18.5. The molecule has 0 bridgehead atoms. The van der Waals surface area contributed by atoms with Crippen LogP contribution in [0.15, 0.2) is 60.7 Å². The standard InChI is InChI=1S/C60H95N15O10/c1-35(2)31-42-56(81)74(64)47(33-39-19-11-9-12-20-39)59(84)72-30-18-26-45(72)53(78)70-50(38(7)8)60(85)73(63)46(24-16-28-62)54(79)68-43(32-36(3)4)57(82)75(65)48(34-40-21-13-10-14-22-40)58(83)71-29-17-25-44(71)52(77)69-49(37(5)6)55(80)66-41(23-15-27-61)51(76)67-42/h9-14,19-22,35-38,41-50H,15-18,23-34,61-65H2,1-8H3,(H,66,80)(H,67,76)(H,68,79)(H,69,77)(H,70,78)/t41-,42-,43?,44-,45-,46-,47+,48+,49-,50-/m0/s1. The molecule has 3 saturated heterocycles. The molecule has 0 aromatic heterocycles. The number of carbonyl (C=O) groups excluding carboxylic acids is 10. The van der Waals surface area contributed by atoms with Crippen LogP contribution in [-0.2, 0) is 60.8 Å². The van der Waals surface area contributed by atoms with Crippen molar-refractivity contribution in [1.29, 1.82) is 0 Å². The van der Waals surface area contributed by atoms with Gasteiger partial charge in [0, 0.05) is 25.9 Å². The number of benzene rings is 2. The summed E-state index contributed by atoms with van der Waals surface area (Å²) in [4.78, 5) is 150. The summed E-state index contributed by atoms with van der Waals surface area (Å²) < 4.78 is 0. The van der Waals surface area contributed by atoms with Crippen LogP contribution in [0.5, 0.6) is 0 Å². The predicted octanol–water partition coefficient (Wildman–Crippen LogP) is -0.0139. The smallest absolute Gasteiger partial charge is 0.260 e. The molecule has 25 nitrogen and oxygen atoms in total. The van der Waals surface area contributed by atoms with Crippen LogP contribution in [0, 0.1) is 23.7 Å². The Morgan fingerprint density at radius 2 is 0.824 bits per heavy atom. The SMILES string of the molecule is CC(C)CC1NC(=O)[C@H](CCCN)N(N)C(=O)[C@H](C(C)C)NC(=O)[C@@H]2CCCN2C(=O)[C@@H](Cc2ccccc2)N(N)C(=O)[C@H](CC(C)C)NC(=O)[C@H](CCCN)NC(=O)[C@H](C(C)C)NC(=O)[C@@H]2CCCN2C(=O)[C@@H](Cc2ccccc2)N(N)C1=O. The molecule has 2 aromatic carbocycles. The molecule has 470 valence electrons. The van der Waals surface area contributed by atoms with E-state index < -0.39 is 131 Å². The van der Waals surface area contributed by atoms with Gasteiger partial charge in [0.05, 0.1) is 0 Å². The topological polar surface area (TPSA) is 377 Å². The fourth-order valence-corrected chi connectivity index (χ4v) is 11.3. The lowest BCUT2D eigenvalue weighted by atomic mass is 9.98. The molecule has 10 amide bonds. The first-order chi connectivity index (χ1) is 40.3. The highest BCUT2D eigenvalue weighted by Gasteiger charge is 2.46. The van der Waals surface area contributed by atoms with Crippen molar-refractivity contribution in [3.05, 3.63) is 71.8 Å². The van der Waals surface area contributed by atoms with E-state index in [-0.39, 0.29) is 102 Å². The van der Waals surface area contributed by atoms with Gasteiger partial charge in [0.15, 0.2) is 0 Å². The average molecular weight is 1190 g/mol. The molecule has 3 aliphatic rings. The lowest BCUT2D eigenvalue weighted by molar-refractivity contribution is -0.152. The molecule has 0 radical (unpaired) electrons. The van der Waals surface area contributed by atoms with Crippen LogP contribution in [0.4, 0.5) is 0 Å². The maximum Gasteiger partial charge on any atom is 0.260 e. The minimum absolute atomic E-state index is 0.0247. The van der Waals surface area contributed by atoms with Crippen LogP contribution in [0.3, 0.4) is 0 Å². The van der Waals surface area contributed by atoms with Gasteiger partial charge in [-0.15, -0.1) is 0 Å². The summed E-state index contributed by atoms with van der Waals surface area (Å²) in [5, 5.41) is 16.3. The molecule has 85 heavy (non-hydrogen) atoms. The number of nitrogens with zero attached hydrogens (tertiary/aromatic N) is 5. The van der Waals surface area contributed by atoms with Crippen molar-refractivity contribution in [2.45, 2.75) is 193 Å². The minimum atomic E-state index is -1.44. The molecule has 3 fully saturated rings. The molecule has 25 heteroatoms. The Labute approximate surface area is 500 Å². The average Bonchev–Trinajstić information content (AvgIpc) is 4.42. The normalized spacial score (nSPS) is 26.4. The number of hydrogen-bond donors (Lipinski definition) is 10. The van der Waals surface area contributed by atoms with Crippen LogP contribution in [-0.4, -0.2) is 170 Å². The number of hydrogen-bond acceptors (Lipinski definition) is 15. The summed E-state index contributed by atoms with van der Waals surface area (Å²) in [5.41, 5.74) is 13.1. The van der Waals surface area contributed by atoms with Gasteiger partial charge in [-0.3, -0.25) is 63.0 Å². The van der Waals surface area contributed by atoms with E-state index in [0.717, 1.165) is 15.0 Å². The van der Waals surface area contributed by atoms with E-state index in [9.17, 15) is 38.4 Å². The fourth-order valence-electron chi connectivity index (χ4n) is 11.3. The van der Waals surface area contributed by atoms with Gasteiger partial charge < -0.3 is 47.9 Å². The Morgan fingerprint density at radius 1 is 0.435 bits per heavy atom. The van der Waals surface area contributed by atoms with Gasteiger partial charge in [-0.25, -0.2) is 17.5 Å². The first kappa shape index (κ1) is 68.7. The van der Waals surface area contributed by atoms with Crippen LogP contribution >= 0.6 is 0 Å². The van der Waals surface area contributed by atoms with E-state index in [4.69, 9.17) is 29.0 Å². The van der Waals surface area contributed by atoms with Crippen LogP contribution < -0.4 is 55.6 Å². The Hall–Kier alpha value is -7.06. The second-order valence-corrected chi connectivity index (χ2v) is 24.3. The summed E-state index contributed by atoms with van der Waals surface area (Å²) in [6, 6.07) is 4.49. The number of hydrazine groups is 3. The molecule has 0 aliphatic carbocycles. The van der Waals surface area contributed by atoms with Gasteiger partial charge in [-0.1, -0.05) is 116 Å². The van der Waals surface area contributed by atoms with Crippen LogP contribution in [0.1, 0.15) is 131 Å².